The van der Waals surface area contributed by atoms with Crippen molar-refractivity contribution in [1.29, 1.82) is 0 Å². The van der Waals surface area contributed by atoms with Crippen LogP contribution in [0, 0.1) is 5.92 Å². The Kier molecular flexibility index (Phi) is 6.50. The number of amides is 1. The van der Waals surface area contributed by atoms with Crippen molar-refractivity contribution in [3.8, 4) is 0 Å². The van der Waals surface area contributed by atoms with Crippen LogP contribution in [-0.4, -0.2) is 69.7 Å². The van der Waals surface area contributed by atoms with E-state index in [-0.39, 0.29) is 25.2 Å². The van der Waals surface area contributed by atoms with Crippen LogP contribution in [0.15, 0.2) is 18.3 Å². The van der Waals surface area contributed by atoms with Gasteiger partial charge in [0, 0.05) is 45.0 Å². The normalized spacial score (nSPS) is 19.3. The van der Waals surface area contributed by atoms with Gasteiger partial charge in [0.25, 0.3) is 5.91 Å². The monoisotopic (exact) mass is 321 g/mol. The highest BCUT2D eigenvalue weighted by Crippen LogP contribution is 2.17. The zero-order chi connectivity index (χ0) is 16.8. The average molecular weight is 321 g/mol. The Morgan fingerprint density at radius 3 is 2.83 bits per heavy atom. The van der Waals surface area contributed by atoms with E-state index in [9.17, 15) is 15.0 Å². The van der Waals surface area contributed by atoms with E-state index >= 15 is 0 Å². The molecule has 6 heteroatoms. The molecule has 128 valence electrons. The van der Waals surface area contributed by atoms with Gasteiger partial charge in [-0.15, -0.1) is 0 Å². The van der Waals surface area contributed by atoms with E-state index in [1.807, 2.05) is 0 Å². The average Bonchev–Trinajstić information content (AvgIpc) is 2.55. The lowest BCUT2D eigenvalue weighted by molar-refractivity contribution is 0.0380. The minimum atomic E-state index is -0.104. The number of aliphatic hydroxyl groups excluding tert-OH is 2. The summed E-state index contributed by atoms with van der Waals surface area (Å²) >= 11 is 0. The van der Waals surface area contributed by atoms with Crippen LogP contribution in [0.3, 0.4) is 0 Å². The molecule has 1 fully saturated rings. The van der Waals surface area contributed by atoms with Crippen LogP contribution in [0.5, 0.6) is 0 Å². The van der Waals surface area contributed by atoms with Crippen LogP contribution in [-0.2, 0) is 6.61 Å². The summed E-state index contributed by atoms with van der Waals surface area (Å²) in [4.78, 5) is 21.0. The largest absolute Gasteiger partial charge is 0.396 e. The lowest BCUT2D eigenvalue weighted by Gasteiger charge is -2.42. The maximum absolute atomic E-state index is 12.6. The van der Waals surface area contributed by atoms with Crippen molar-refractivity contribution in [1.82, 2.24) is 14.8 Å². The van der Waals surface area contributed by atoms with Gasteiger partial charge in [-0.25, -0.2) is 0 Å². The van der Waals surface area contributed by atoms with Gasteiger partial charge >= 0.3 is 0 Å². The maximum atomic E-state index is 12.6. The van der Waals surface area contributed by atoms with E-state index in [2.05, 4.69) is 23.7 Å². The number of pyridine rings is 1. The van der Waals surface area contributed by atoms with Crippen LogP contribution in [0.2, 0.25) is 0 Å². The molecule has 0 aliphatic carbocycles. The minimum absolute atomic E-state index is 0.0991. The minimum Gasteiger partial charge on any atom is -0.396 e. The highest BCUT2D eigenvalue weighted by atomic mass is 16.3. The lowest BCUT2D eigenvalue weighted by atomic mass is 10.1. The second kappa shape index (κ2) is 8.38. The summed E-state index contributed by atoms with van der Waals surface area (Å²) in [5.41, 5.74) is 1.06. The molecule has 2 rings (SSSR count). The Balaban J connectivity index is 2.07. The van der Waals surface area contributed by atoms with E-state index in [4.69, 9.17) is 0 Å². The third-order valence-corrected chi connectivity index (χ3v) is 4.18. The van der Waals surface area contributed by atoms with Crippen LogP contribution < -0.4 is 0 Å². The van der Waals surface area contributed by atoms with Gasteiger partial charge in [0.1, 0.15) is 5.69 Å². The van der Waals surface area contributed by atoms with Gasteiger partial charge in [-0.2, -0.15) is 0 Å². The molecule has 1 atom stereocenters. The number of carbonyl (C=O) groups is 1. The van der Waals surface area contributed by atoms with E-state index in [0.29, 0.717) is 36.7 Å². The van der Waals surface area contributed by atoms with Gasteiger partial charge in [0.05, 0.1) is 6.61 Å². The fourth-order valence-corrected chi connectivity index (χ4v) is 3.06. The second-order valence-electron chi connectivity index (χ2n) is 6.51. The van der Waals surface area contributed by atoms with E-state index < -0.39 is 0 Å². The molecule has 6 nitrogen and oxygen atoms in total. The summed E-state index contributed by atoms with van der Waals surface area (Å²) in [6, 6.07) is 3.52. The van der Waals surface area contributed by atoms with Crippen molar-refractivity contribution in [2.75, 3.05) is 32.8 Å². The van der Waals surface area contributed by atoms with Crippen molar-refractivity contribution in [2.45, 2.75) is 32.9 Å². The zero-order valence-electron chi connectivity index (χ0n) is 14.0. The molecule has 1 aliphatic heterocycles. The topological polar surface area (TPSA) is 76.9 Å². The third-order valence-electron chi connectivity index (χ3n) is 4.18. The van der Waals surface area contributed by atoms with Crippen molar-refractivity contribution in [3.05, 3.63) is 29.6 Å². The number of aromatic nitrogens is 1. The maximum Gasteiger partial charge on any atom is 0.272 e. The van der Waals surface area contributed by atoms with Gasteiger partial charge in [-0.3, -0.25) is 14.7 Å². The highest BCUT2D eigenvalue weighted by molar-refractivity contribution is 5.92. The SMILES string of the molecule is CC(C)CN1CCN(C(=O)c2cc(CO)ccn2)C[C@@H]1CCO. The molecule has 0 unspecified atom stereocenters. The number of carbonyl (C=O) groups excluding carboxylic acids is 1. The first-order valence-corrected chi connectivity index (χ1v) is 8.25. The molecular formula is C17H27N3O3. The summed E-state index contributed by atoms with van der Waals surface area (Å²) in [5.74, 6) is 0.453. The molecule has 0 bridgehead atoms. The number of hydrogen-bond acceptors (Lipinski definition) is 5. The van der Waals surface area contributed by atoms with Crippen LogP contribution in [0.4, 0.5) is 0 Å². The van der Waals surface area contributed by atoms with Gasteiger partial charge < -0.3 is 15.1 Å². The second-order valence-corrected chi connectivity index (χ2v) is 6.51. The van der Waals surface area contributed by atoms with E-state index in [1.165, 1.54) is 0 Å². The van der Waals surface area contributed by atoms with Gasteiger partial charge in [0.15, 0.2) is 0 Å². The number of nitrogens with zero attached hydrogens (tertiary/aromatic N) is 3. The first-order valence-electron chi connectivity index (χ1n) is 8.25. The predicted octanol–water partition coefficient (Wildman–Crippen LogP) is 0.739. The molecule has 1 saturated heterocycles. The third kappa shape index (κ3) is 4.73. The lowest BCUT2D eigenvalue weighted by Crippen LogP contribution is -2.55. The molecule has 0 radical (unpaired) electrons. The van der Waals surface area contributed by atoms with Gasteiger partial charge in [0.2, 0.25) is 0 Å². The molecule has 2 N–H and O–H groups in total. The first-order chi connectivity index (χ1) is 11.0. The predicted molar refractivity (Wildman–Crippen MR) is 88.0 cm³/mol. The quantitative estimate of drug-likeness (QED) is 0.808. The fraction of sp³-hybridized carbons (Fsp3) is 0.647. The zero-order valence-corrected chi connectivity index (χ0v) is 14.0. The van der Waals surface area contributed by atoms with Crippen molar-refractivity contribution in [2.24, 2.45) is 5.92 Å². The van der Waals surface area contributed by atoms with Crippen molar-refractivity contribution in [3.63, 3.8) is 0 Å². The van der Waals surface area contributed by atoms with E-state index in [1.54, 1.807) is 23.2 Å². The molecular weight excluding hydrogens is 294 g/mol. The van der Waals surface area contributed by atoms with Crippen LogP contribution >= 0.6 is 0 Å². The smallest absolute Gasteiger partial charge is 0.272 e. The first kappa shape index (κ1) is 17.8. The number of rotatable bonds is 6. The molecule has 0 saturated carbocycles. The van der Waals surface area contributed by atoms with Crippen molar-refractivity contribution < 1.29 is 15.0 Å². The molecule has 1 aliphatic rings. The number of piperazine rings is 1. The molecule has 0 aromatic carbocycles. The highest BCUT2D eigenvalue weighted by Gasteiger charge is 2.30. The Morgan fingerprint density at radius 1 is 1.39 bits per heavy atom. The Bertz CT molecular complexity index is 522. The van der Waals surface area contributed by atoms with E-state index in [0.717, 1.165) is 13.1 Å². The summed E-state index contributed by atoms with van der Waals surface area (Å²) in [6.07, 6.45) is 2.22. The molecule has 1 amide bonds. The Hall–Kier alpha value is -1.50. The number of aliphatic hydroxyl groups is 2. The summed E-state index contributed by atoms with van der Waals surface area (Å²) in [5, 5.41) is 18.5. The molecule has 0 spiro atoms. The van der Waals surface area contributed by atoms with Gasteiger partial charge in [-0.1, -0.05) is 13.8 Å². The van der Waals surface area contributed by atoms with Crippen LogP contribution in [0.1, 0.15) is 36.3 Å². The summed E-state index contributed by atoms with van der Waals surface area (Å²) in [6.45, 7) is 7.45. The fourth-order valence-electron chi connectivity index (χ4n) is 3.06. The molecule has 2 heterocycles. The van der Waals surface area contributed by atoms with Crippen molar-refractivity contribution >= 4 is 5.91 Å². The molecule has 1 aromatic heterocycles. The summed E-state index contributed by atoms with van der Waals surface area (Å²) < 4.78 is 0. The number of hydrogen-bond donors (Lipinski definition) is 2. The Morgan fingerprint density at radius 2 is 2.17 bits per heavy atom. The molecule has 23 heavy (non-hydrogen) atoms. The van der Waals surface area contributed by atoms with Gasteiger partial charge in [-0.05, 0) is 30.0 Å². The molecule has 1 aromatic rings. The standard InChI is InChI=1S/C17H27N3O3/c1-13(2)10-19-6-7-20(11-15(19)4-8-21)17(23)16-9-14(12-22)3-5-18-16/h3,5,9,13,15,21-22H,4,6-8,10-12H2,1-2H3/t15-/m0/s1. The summed E-state index contributed by atoms with van der Waals surface area (Å²) in [7, 11) is 0. The van der Waals surface area contributed by atoms with Crippen LogP contribution in [0.25, 0.3) is 0 Å². The Labute approximate surface area is 137 Å².